The van der Waals surface area contributed by atoms with Crippen molar-refractivity contribution in [3.8, 4) is 0 Å². The van der Waals surface area contributed by atoms with Crippen LogP contribution in [0.2, 0.25) is 0 Å². The Kier molecular flexibility index (Phi) is 6.07. The molecule has 0 bridgehead atoms. The van der Waals surface area contributed by atoms with E-state index in [1.54, 1.807) is 0 Å². The third-order valence-electron chi connectivity index (χ3n) is 1.37. The lowest BCUT2D eigenvalue weighted by Gasteiger charge is -2.13. The van der Waals surface area contributed by atoms with Gasteiger partial charge >= 0.3 is 0 Å². The van der Waals surface area contributed by atoms with Crippen LogP contribution in [0.3, 0.4) is 0 Å². The maximum Gasteiger partial charge on any atom is 0.216 e. The highest BCUT2D eigenvalue weighted by molar-refractivity contribution is 5.58. The van der Waals surface area contributed by atoms with Gasteiger partial charge < -0.3 is 11.1 Å². The Bertz CT molecular complexity index is 104. The van der Waals surface area contributed by atoms with Crippen molar-refractivity contribution in [3.63, 3.8) is 0 Å². The van der Waals surface area contributed by atoms with Gasteiger partial charge in [-0.2, -0.15) is 0 Å². The molecule has 3 heteroatoms. The molecule has 0 saturated carbocycles. The molecule has 0 unspecified atom stereocenters. The van der Waals surface area contributed by atoms with Gasteiger partial charge in [-0.1, -0.05) is 13.8 Å². The molecule has 0 aliphatic heterocycles. The van der Waals surface area contributed by atoms with Gasteiger partial charge in [0.15, 0.2) is 0 Å². The van der Waals surface area contributed by atoms with Gasteiger partial charge in [-0.15, -0.1) is 0 Å². The van der Waals surface area contributed by atoms with Crippen LogP contribution in [-0.4, -0.2) is 24.9 Å². The van der Waals surface area contributed by atoms with Gasteiger partial charge in [0.25, 0.3) is 0 Å². The van der Waals surface area contributed by atoms with Crippen molar-refractivity contribution in [2.24, 2.45) is 5.73 Å². The van der Waals surface area contributed by atoms with Crippen molar-refractivity contribution in [2.45, 2.75) is 38.8 Å². The van der Waals surface area contributed by atoms with Crippen LogP contribution in [0.25, 0.3) is 0 Å². The first kappa shape index (κ1) is 10.6. The van der Waals surface area contributed by atoms with E-state index in [9.17, 15) is 4.79 Å². The maximum absolute atomic E-state index is 10.3. The van der Waals surface area contributed by atoms with Crippen LogP contribution in [0.15, 0.2) is 0 Å². The minimum Gasteiger partial charge on any atom is -0.330 e. The topological polar surface area (TPSA) is 55.1 Å². The zero-order valence-electron chi connectivity index (χ0n) is 7.26. The van der Waals surface area contributed by atoms with E-state index < -0.39 is 0 Å². The number of nitrogens with two attached hydrogens (primary N) is 1. The summed E-state index contributed by atoms with van der Waals surface area (Å²) in [6.45, 7) is 4.65. The average Bonchev–Trinajstić information content (AvgIpc) is 1.97. The van der Waals surface area contributed by atoms with Crippen LogP contribution in [-0.2, 0) is 4.79 Å². The molecule has 3 N–H and O–H groups in total. The molecule has 0 aromatic carbocycles. The first-order valence-corrected chi connectivity index (χ1v) is 4.04. The van der Waals surface area contributed by atoms with E-state index in [2.05, 4.69) is 5.32 Å². The Morgan fingerprint density at radius 3 is 2.55 bits per heavy atom. The molecule has 0 heterocycles. The second-order valence-electron chi connectivity index (χ2n) is 2.92. The standard InChI is InChI=1S/C8H17N2O/c1-7(2)10-8(6-11)4-3-5-9/h7-8,10H,3-5,9H2,1-2H3/t8-/m0/s1. The smallest absolute Gasteiger partial charge is 0.216 e. The zero-order chi connectivity index (χ0) is 8.69. The van der Waals surface area contributed by atoms with Gasteiger partial charge in [0.1, 0.15) is 0 Å². The van der Waals surface area contributed by atoms with Crippen molar-refractivity contribution >= 4 is 6.29 Å². The van der Waals surface area contributed by atoms with Crippen molar-refractivity contribution in [1.29, 1.82) is 0 Å². The lowest BCUT2D eigenvalue weighted by Crippen LogP contribution is -2.36. The maximum atomic E-state index is 10.3. The minimum atomic E-state index is -0.140. The van der Waals surface area contributed by atoms with Gasteiger partial charge in [-0.3, -0.25) is 4.79 Å². The molecule has 0 aliphatic rings. The van der Waals surface area contributed by atoms with Crippen LogP contribution < -0.4 is 11.1 Å². The fourth-order valence-corrected chi connectivity index (χ4v) is 0.901. The molecule has 11 heavy (non-hydrogen) atoms. The number of hydrogen-bond acceptors (Lipinski definition) is 3. The molecule has 1 radical (unpaired) electrons. The molecule has 0 aromatic rings. The van der Waals surface area contributed by atoms with Crippen molar-refractivity contribution in [1.82, 2.24) is 5.32 Å². The number of rotatable bonds is 6. The van der Waals surface area contributed by atoms with Crippen LogP contribution in [0, 0.1) is 0 Å². The van der Waals surface area contributed by atoms with Gasteiger partial charge in [0.05, 0.1) is 6.04 Å². The fourth-order valence-electron chi connectivity index (χ4n) is 0.901. The molecular formula is C8H17N2O. The second-order valence-corrected chi connectivity index (χ2v) is 2.92. The van der Waals surface area contributed by atoms with E-state index >= 15 is 0 Å². The van der Waals surface area contributed by atoms with Crippen LogP contribution >= 0.6 is 0 Å². The average molecular weight is 157 g/mol. The molecule has 65 valence electrons. The number of nitrogens with one attached hydrogen (secondary N) is 1. The fraction of sp³-hybridized carbons (Fsp3) is 0.875. The summed E-state index contributed by atoms with van der Waals surface area (Å²) in [5.74, 6) is 0. The summed E-state index contributed by atoms with van der Waals surface area (Å²) in [6, 6.07) is 0.192. The summed E-state index contributed by atoms with van der Waals surface area (Å²) in [4.78, 5) is 10.3. The van der Waals surface area contributed by atoms with Gasteiger partial charge in [0, 0.05) is 6.04 Å². The van der Waals surface area contributed by atoms with E-state index in [1.807, 2.05) is 20.1 Å². The normalized spacial score (nSPS) is 13.5. The quantitative estimate of drug-likeness (QED) is 0.579. The summed E-state index contributed by atoms with van der Waals surface area (Å²) >= 11 is 0. The Balaban J connectivity index is 3.49. The molecule has 0 aliphatic carbocycles. The SMILES string of the molecule is CC(C)N[C@H]([C]=O)CCCN. The van der Waals surface area contributed by atoms with E-state index in [0.717, 1.165) is 12.8 Å². The van der Waals surface area contributed by atoms with Crippen LogP contribution in [0.5, 0.6) is 0 Å². The third-order valence-corrected chi connectivity index (χ3v) is 1.37. The van der Waals surface area contributed by atoms with Gasteiger partial charge in [-0.05, 0) is 19.4 Å². The van der Waals surface area contributed by atoms with E-state index in [-0.39, 0.29) is 6.04 Å². The van der Waals surface area contributed by atoms with Crippen molar-refractivity contribution in [3.05, 3.63) is 0 Å². The first-order chi connectivity index (χ1) is 5.20. The molecule has 0 saturated heterocycles. The number of hydrogen-bond donors (Lipinski definition) is 2. The largest absolute Gasteiger partial charge is 0.330 e. The third kappa shape index (κ3) is 6.01. The Morgan fingerprint density at radius 1 is 1.55 bits per heavy atom. The highest BCUT2D eigenvalue weighted by Gasteiger charge is 2.07. The summed E-state index contributed by atoms with van der Waals surface area (Å²) < 4.78 is 0. The summed E-state index contributed by atoms with van der Waals surface area (Å²) in [7, 11) is 0. The van der Waals surface area contributed by atoms with E-state index in [4.69, 9.17) is 5.73 Å². The van der Waals surface area contributed by atoms with Crippen molar-refractivity contribution < 1.29 is 4.79 Å². The molecule has 3 nitrogen and oxygen atoms in total. The number of carbonyl (C=O) groups excluding carboxylic acids is 1. The molecule has 1 atom stereocenters. The summed E-state index contributed by atoms with van der Waals surface area (Å²) in [6.07, 6.45) is 3.62. The monoisotopic (exact) mass is 157 g/mol. The Hall–Kier alpha value is -0.410. The lowest BCUT2D eigenvalue weighted by molar-refractivity contribution is 0.468. The highest BCUT2D eigenvalue weighted by atomic mass is 16.1. The minimum absolute atomic E-state index is 0.140. The van der Waals surface area contributed by atoms with Gasteiger partial charge in [0.2, 0.25) is 6.29 Å². The van der Waals surface area contributed by atoms with Crippen molar-refractivity contribution in [2.75, 3.05) is 6.54 Å². The first-order valence-electron chi connectivity index (χ1n) is 4.04. The van der Waals surface area contributed by atoms with Gasteiger partial charge in [-0.25, -0.2) is 0 Å². The predicted molar refractivity (Wildman–Crippen MR) is 46.0 cm³/mol. The molecule has 0 amide bonds. The summed E-state index contributed by atoms with van der Waals surface area (Å²) in [5.41, 5.74) is 5.30. The molecule has 0 aromatic heterocycles. The van der Waals surface area contributed by atoms with Crippen LogP contribution in [0.4, 0.5) is 0 Å². The predicted octanol–water partition coefficient (Wildman–Crippen LogP) is 0.202. The molecule has 0 rings (SSSR count). The molecular weight excluding hydrogens is 140 g/mol. The zero-order valence-corrected chi connectivity index (χ0v) is 7.26. The molecule has 0 spiro atoms. The lowest BCUT2D eigenvalue weighted by atomic mass is 10.1. The second kappa shape index (κ2) is 6.31. The Morgan fingerprint density at radius 2 is 2.18 bits per heavy atom. The Labute approximate surface area is 68.3 Å². The summed E-state index contributed by atoms with van der Waals surface area (Å²) in [5, 5.41) is 3.09. The van der Waals surface area contributed by atoms with E-state index in [0.29, 0.717) is 12.6 Å². The highest BCUT2D eigenvalue weighted by Crippen LogP contribution is 1.94. The molecule has 0 fully saturated rings. The van der Waals surface area contributed by atoms with Crippen LogP contribution in [0.1, 0.15) is 26.7 Å². The van der Waals surface area contributed by atoms with E-state index in [1.165, 1.54) is 0 Å².